The van der Waals surface area contributed by atoms with Crippen molar-refractivity contribution in [2.24, 2.45) is 0 Å². The molecular weight excluding hydrogens is 384 g/mol. The topological polar surface area (TPSA) is 89.1 Å². The molecule has 0 bridgehead atoms. The van der Waals surface area contributed by atoms with E-state index in [9.17, 15) is 14.4 Å². The van der Waals surface area contributed by atoms with Crippen molar-refractivity contribution < 1.29 is 14.3 Å². The number of carbonyl (C=O) groups excluding carboxylic acids is 2. The molecule has 0 aliphatic carbocycles. The van der Waals surface area contributed by atoms with Crippen LogP contribution < -0.4 is 5.56 Å². The molecule has 0 saturated heterocycles. The minimum atomic E-state index is -0.698. The van der Waals surface area contributed by atoms with Crippen molar-refractivity contribution in [1.82, 2.24) is 9.97 Å². The summed E-state index contributed by atoms with van der Waals surface area (Å²) in [6, 6.07) is 3.65. The Morgan fingerprint density at radius 1 is 1.19 bits per heavy atom. The van der Waals surface area contributed by atoms with E-state index < -0.39 is 12.1 Å². The Labute approximate surface area is 164 Å². The summed E-state index contributed by atoms with van der Waals surface area (Å²) in [6.45, 7) is 7.41. The molecule has 0 radical (unpaired) electrons. The molecule has 0 aromatic carbocycles. The van der Waals surface area contributed by atoms with Crippen LogP contribution in [0.5, 0.6) is 0 Å². The maximum absolute atomic E-state index is 12.3. The van der Waals surface area contributed by atoms with Crippen LogP contribution in [0.3, 0.4) is 0 Å². The molecule has 3 aromatic heterocycles. The minimum Gasteiger partial charge on any atom is -0.454 e. The molecule has 3 heterocycles. The zero-order valence-electron chi connectivity index (χ0n) is 15.5. The highest BCUT2D eigenvalue weighted by Gasteiger charge is 2.19. The Hall–Kier alpha value is -2.32. The van der Waals surface area contributed by atoms with E-state index in [1.807, 2.05) is 26.8 Å². The lowest BCUT2D eigenvalue weighted by molar-refractivity contribution is -0.148. The smallest absolute Gasteiger partial charge is 0.306 e. The highest BCUT2D eigenvalue weighted by Crippen LogP contribution is 2.27. The molecule has 1 N–H and O–H groups in total. The van der Waals surface area contributed by atoms with Crippen LogP contribution >= 0.6 is 22.7 Å². The number of hydrogen-bond acceptors (Lipinski definition) is 7. The zero-order valence-corrected chi connectivity index (χ0v) is 17.2. The first kappa shape index (κ1) is 19.4. The molecule has 0 saturated carbocycles. The summed E-state index contributed by atoms with van der Waals surface area (Å²) >= 11 is 2.86. The minimum absolute atomic E-state index is 0.0101. The van der Waals surface area contributed by atoms with E-state index in [4.69, 9.17) is 4.74 Å². The van der Waals surface area contributed by atoms with Crippen molar-refractivity contribution in [3.8, 4) is 0 Å². The van der Waals surface area contributed by atoms with E-state index >= 15 is 0 Å². The molecule has 1 atom stereocenters. The van der Waals surface area contributed by atoms with Crippen molar-refractivity contribution in [3.05, 3.63) is 48.5 Å². The van der Waals surface area contributed by atoms with E-state index in [0.29, 0.717) is 20.9 Å². The molecule has 0 spiro atoms. The number of nitrogens with zero attached hydrogens (tertiary/aromatic N) is 1. The monoisotopic (exact) mass is 404 g/mol. The van der Waals surface area contributed by atoms with Crippen LogP contribution in [-0.2, 0) is 9.53 Å². The molecule has 0 aliphatic heterocycles. The second-order valence-corrected chi connectivity index (χ2v) is 8.87. The summed E-state index contributed by atoms with van der Waals surface area (Å²) in [5, 5.41) is 0.580. The summed E-state index contributed by atoms with van der Waals surface area (Å²) in [5.74, 6) is -0.261. The predicted octanol–water partition coefficient (Wildman–Crippen LogP) is 4.24. The summed E-state index contributed by atoms with van der Waals surface area (Å²) in [5.41, 5.74) is 0.685. The van der Waals surface area contributed by atoms with Gasteiger partial charge in [-0.1, -0.05) is 0 Å². The third kappa shape index (κ3) is 4.17. The Bertz CT molecular complexity index is 1080. The third-order valence-electron chi connectivity index (χ3n) is 4.32. The fourth-order valence-electron chi connectivity index (χ4n) is 2.70. The first-order chi connectivity index (χ1) is 12.8. The lowest BCUT2D eigenvalue weighted by Gasteiger charge is -2.12. The van der Waals surface area contributed by atoms with Crippen molar-refractivity contribution in [1.29, 1.82) is 0 Å². The first-order valence-corrected chi connectivity index (χ1v) is 10.2. The average molecular weight is 405 g/mol. The van der Waals surface area contributed by atoms with E-state index in [1.54, 1.807) is 13.0 Å². The number of aromatic amines is 1. The Balaban J connectivity index is 1.65. The van der Waals surface area contributed by atoms with Gasteiger partial charge in [0.2, 0.25) is 0 Å². The molecule has 0 fully saturated rings. The number of ketones is 1. The van der Waals surface area contributed by atoms with Gasteiger partial charge in [0, 0.05) is 16.2 Å². The zero-order chi connectivity index (χ0) is 19.7. The molecule has 8 heteroatoms. The fourth-order valence-corrected chi connectivity index (χ4v) is 4.57. The molecule has 0 unspecified atom stereocenters. The summed E-state index contributed by atoms with van der Waals surface area (Å²) in [4.78, 5) is 47.0. The number of esters is 1. The SMILES string of the molecule is Cc1ccc(C(=O)CCC(=O)O[C@H](C)c2nc3sc(C)c(C)c3c(=O)[nH]2)s1. The van der Waals surface area contributed by atoms with Crippen LogP contribution in [0.15, 0.2) is 16.9 Å². The van der Waals surface area contributed by atoms with Gasteiger partial charge in [-0.25, -0.2) is 4.98 Å². The van der Waals surface area contributed by atoms with Crippen LogP contribution in [-0.4, -0.2) is 21.7 Å². The molecule has 6 nitrogen and oxygen atoms in total. The van der Waals surface area contributed by atoms with E-state index in [2.05, 4.69) is 9.97 Å². The van der Waals surface area contributed by atoms with E-state index in [-0.39, 0.29) is 24.2 Å². The molecular formula is C19H20N2O4S2. The largest absolute Gasteiger partial charge is 0.454 e. The summed E-state index contributed by atoms with van der Waals surface area (Å²) < 4.78 is 5.35. The quantitative estimate of drug-likeness (QED) is 0.490. The molecule has 3 aromatic rings. The number of ether oxygens (including phenoxy) is 1. The van der Waals surface area contributed by atoms with Gasteiger partial charge in [0.1, 0.15) is 4.83 Å². The Morgan fingerprint density at radius 3 is 2.59 bits per heavy atom. The average Bonchev–Trinajstić information content (AvgIpc) is 3.16. The second kappa shape index (κ2) is 7.74. The van der Waals surface area contributed by atoms with Gasteiger partial charge in [-0.2, -0.15) is 0 Å². The van der Waals surface area contributed by atoms with Gasteiger partial charge in [0.15, 0.2) is 17.7 Å². The number of Topliss-reactive ketones (excluding diaryl/α,β-unsaturated/α-hetero) is 1. The molecule has 27 heavy (non-hydrogen) atoms. The number of fused-ring (bicyclic) bond motifs is 1. The number of nitrogens with one attached hydrogen (secondary N) is 1. The van der Waals surface area contributed by atoms with Crippen LogP contribution in [0, 0.1) is 20.8 Å². The molecule has 3 rings (SSSR count). The van der Waals surface area contributed by atoms with Gasteiger partial charge in [0.05, 0.1) is 16.7 Å². The van der Waals surface area contributed by atoms with Gasteiger partial charge in [-0.05, 0) is 45.4 Å². The second-order valence-electron chi connectivity index (χ2n) is 6.38. The Kier molecular flexibility index (Phi) is 5.57. The van der Waals surface area contributed by atoms with Crippen molar-refractivity contribution >= 4 is 44.6 Å². The number of rotatable bonds is 6. The van der Waals surface area contributed by atoms with E-state index in [1.165, 1.54) is 22.7 Å². The highest BCUT2D eigenvalue weighted by atomic mass is 32.1. The summed E-state index contributed by atoms with van der Waals surface area (Å²) in [6.07, 6.45) is -0.613. The van der Waals surface area contributed by atoms with Gasteiger partial charge >= 0.3 is 5.97 Å². The van der Waals surface area contributed by atoms with Crippen molar-refractivity contribution in [3.63, 3.8) is 0 Å². The number of aromatic nitrogens is 2. The maximum Gasteiger partial charge on any atom is 0.306 e. The molecule has 0 amide bonds. The van der Waals surface area contributed by atoms with E-state index in [0.717, 1.165) is 15.3 Å². The van der Waals surface area contributed by atoms with Crippen LogP contribution in [0.1, 0.15) is 56.7 Å². The lowest BCUT2D eigenvalue weighted by atomic mass is 10.2. The first-order valence-electron chi connectivity index (χ1n) is 8.55. The highest BCUT2D eigenvalue weighted by molar-refractivity contribution is 7.18. The van der Waals surface area contributed by atoms with Gasteiger partial charge < -0.3 is 9.72 Å². The number of aryl methyl sites for hydroxylation is 3. The van der Waals surface area contributed by atoms with Gasteiger partial charge in [-0.15, -0.1) is 22.7 Å². The van der Waals surface area contributed by atoms with Crippen LogP contribution in [0.2, 0.25) is 0 Å². The lowest BCUT2D eigenvalue weighted by Crippen LogP contribution is -2.17. The number of H-pyrrole nitrogens is 1. The van der Waals surface area contributed by atoms with Gasteiger partial charge in [0.25, 0.3) is 5.56 Å². The van der Waals surface area contributed by atoms with Crippen molar-refractivity contribution in [2.45, 2.75) is 46.6 Å². The number of carbonyl (C=O) groups is 2. The normalized spacial score (nSPS) is 12.3. The number of hydrogen-bond donors (Lipinski definition) is 1. The standard InChI is InChI=1S/C19H20N2O4S2/c1-9-5-7-14(26-9)13(22)6-8-15(23)25-11(3)17-20-18(24)16-10(2)12(4)27-19(16)21-17/h5,7,11H,6,8H2,1-4H3,(H,20,21,24)/t11-/m1/s1. The third-order valence-corrected chi connectivity index (χ3v) is 6.46. The molecule has 142 valence electrons. The fraction of sp³-hybridized carbons (Fsp3) is 0.368. The molecule has 0 aliphatic rings. The van der Waals surface area contributed by atoms with Crippen LogP contribution in [0.4, 0.5) is 0 Å². The maximum atomic E-state index is 12.3. The summed E-state index contributed by atoms with van der Waals surface area (Å²) in [7, 11) is 0. The number of thiophene rings is 2. The van der Waals surface area contributed by atoms with Crippen molar-refractivity contribution in [2.75, 3.05) is 0 Å². The van der Waals surface area contributed by atoms with Crippen LogP contribution in [0.25, 0.3) is 10.2 Å². The predicted molar refractivity (Wildman–Crippen MR) is 107 cm³/mol. The van der Waals surface area contributed by atoms with Gasteiger partial charge in [-0.3, -0.25) is 14.4 Å². The Morgan fingerprint density at radius 2 is 1.93 bits per heavy atom.